The van der Waals surface area contributed by atoms with Gasteiger partial charge in [-0.3, -0.25) is 19.6 Å². The number of nitrogens with zero attached hydrogens (tertiary/aromatic N) is 4. The molecule has 6 atom stereocenters. The van der Waals surface area contributed by atoms with E-state index in [-0.39, 0.29) is 21.7 Å². The molecule has 0 aromatic heterocycles. The SMILES string of the molecule is CSc1ccc(CN2[C@H]3C[C@H]4N(Cc5ccc(SC)cc5)[C@H]5C[C@@H]2C(C)(C)[C@@]3(CN2CCOCC2)[C@@]5(CN2CCOCC2)C4(C)C)cc1.[O-][Cl+3]([O-])([O-])O. The lowest BCUT2D eigenvalue weighted by molar-refractivity contribution is -1.92. The summed E-state index contributed by atoms with van der Waals surface area (Å²) in [5.74, 6) is 0. The lowest BCUT2D eigenvalue weighted by Gasteiger charge is -2.69. The van der Waals surface area contributed by atoms with E-state index < -0.39 is 10.2 Å². The Morgan fingerprint density at radius 1 is 0.623 bits per heavy atom. The molecule has 0 amide bonds. The summed E-state index contributed by atoms with van der Waals surface area (Å²) in [6.07, 6.45) is 6.88. The molecule has 6 aliphatic rings. The van der Waals surface area contributed by atoms with E-state index in [1.54, 1.807) is 0 Å². The first kappa shape index (κ1) is 40.2. The molecule has 2 aromatic carbocycles. The summed E-state index contributed by atoms with van der Waals surface area (Å²) in [6, 6.07) is 21.2. The Labute approximate surface area is 327 Å². The highest BCUT2D eigenvalue weighted by atomic mass is 35.7. The molecule has 8 rings (SSSR count). The lowest BCUT2D eigenvalue weighted by atomic mass is 9.35. The van der Waals surface area contributed by atoms with Gasteiger partial charge in [-0.2, -0.15) is 14.0 Å². The first-order chi connectivity index (χ1) is 25.2. The van der Waals surface area contributed by atoms with Crippen LogP contribution in [0, 0.1) is 31.9 Å². The van der Waals surface area contributed by atoms with Crippen LogP contribution in [0.2, 0.25) is 0 Å². The number of hydrogen-bond donors (Lipinski definition) is 1. The van der Waals surface area contributed by atoms with Gasteiger partial charge >= 0.3 is 0 Å². The van der Waals surface area contributed by atoms with Gasteiger partial charge in [-0.05, 0) is 71.6 Å². The molecule has 53 heavy (non-hydrogen) atoms. The van der Waals surface area contributed by atoms with E-state index in [1.807, 2.05) is 23.5 Å². The van der Waals surface area contributed by atoms with Crippen LogP contribution in [0.15, 0.2) is 58.3 Å². The van der Waals surface area contributed by atoms with Gasteiger partial charge in [-0.25, -0.2) is 0 Å². The van der Waals surface area contributed by atoms with Crippen LogP contribution in [-0.4, -0.2) is 127 Å². The van der Waals surface area contributed by atoms with Gasteiger partial charge in [-0.1, -0.05) is 52.0 Å². The Balaban J connectivity index is 0.000000817. The van der Waals surface area contributed by atoms with E-state index in [1.165, 1.54) is 46.8 Å². The van der Waals surface area contributed by atoms with Gasteiger partial charge in [0.1, 0.15) is 0 Å². The van der Waals surface area contributed by atoms with Gasteiger partial charge in [0.15, 0.2) is 0 Å². The summed E-state index contributed by atoms with van der Waals surface area (Å²) < 4.78 is 44.6. The predicted molar refractivity (Wildman–Crippen MR) is 201 cm³/mol. The largest absolute Gasteiger partial charge is 0.379 e. The Morgan fingerprint density at radius 3 is 1.25 bits per heavy atom. The van der Waals surface area contributed by atoms with Crippen molar-refractivity contribution < 1.29 is 38.4 Å². The molecule has 1 N–H and O–H groups in total. The number of ether oxygens (including phenoxy) is 2. The highest BCUT2D eigenvalue weighted by Crippen LogP contribution is 2.80. The average Bonchev–Trinajstić information content (AvgIpc) is 3.31. The van der Waals surface area contributed by atoms with Gasteiger partial charge in [-0.15, -0.1) is 23.5 Å². The van der Waals surface area contributed by atoms with Crippen molar-refractivity contribution in [2.24, 2.45) is 21.7 Å². The Bertz CT molecular complexity index is 1440. The van der Waals surface area contributed by atoms with Gasteiger partial charge in [0.05, 0.1) is 41.3 Å². The summed E-state index contributed by atoms with van der Waals surface area (Å²) in [4.78, 5) is 14.5. The van der Waals surface area contributed by atoms with Crippen molar-refractivity contribution in [1.82, 2.24) is 19.6 Å². The summed E-state index contributed by atoms with van der Waals surface area (Å²) >= 11 is 3.69. The second kappa shape index (κ2) is 15.4. The molecule has 10 nitrogen and oxygen atoms in total. The van der Waals surface area contributed by atoms with Gasteiger partial charge in [0.25, 0.3) is 0 Å². The zero-order chi connectivity index (χ0) is 37.8. The fraction of sp³-hybridized carbons (Fsp3) is 0.700. The van der Waals surface area contributed by atoms with Crippen LogP contribution < -0.4 is 14.0 Å². The first-order valence-electron chi connectivity index (χ1n) is 19.2. The standard InChI is InChI=1S/C40H58N4O2S2.ClHO4/c1-37(2)33-23-36-40(28-42-17-21-46-22-18-42)38(3,4)34(44(36)26-30-9-13-32(48-6)14-10-30)24-35(39(37,40)27-41-15-19-45-20-16-41)43(33)25-29-7-11-31(47-5)12-8-29;2-1(3,4)5/h7-14,33-36H,15-28H2,1-6H3;(H,2,3,4,5)/t33-,34-,35+,36+,39-,40+;/m1./s1. The number of hydrogen-bond acceptors (Lipinski definition) is 12. The second-order valence-electron chi connectivity index (χ2n) is 17.1. The lowest BCUT2D eigenvalue weighted by Crippen LogP contribution is -2.75. The maximum absolute atomic E-state index is 8.60. The highest BCUT2D eigenvalue weighted by Gasteiger charge is 2.85. The zero-order valence-electron chi connectivity index (χ0n) is 32.3. The van der Waals surface area contributed by atoms with Crippen LogP contribution in [-0.2, 0) is 22.6 Å². The number of morpholine rings is 2. The smallest absolute Gasteiger partial charge is 0.0777 e. The number of rotatable bonds is 10. The zero-order valence-corrected chi connectivity index (χ0v) is 34.7. The fourth-order valence-corrected chi connectivity index (χ4v) is 13.2. The van der Waals surface area contributed by atoms with E-state index >= 15 is 0 Å². The Morgan fingerprint density at radius 2 is 0.943 bits per heavy atom. The molecular formula is C40H59ClN4O6S2. The number of benzene rings is 2. The van der Waals surface area contributed by atoms with Crippen molar-refractivity contribution in [2.75, 3.05) is 78.2 Å². The molecule has 4 aliphatic heterocycles. The summed E-state index contributed by atoms with van der Waals surface area (Å²) in [7, 11) is -4.69. The van der Waals surface area contributed by atoms with Crippen molar-refractivity contribution in [1.29, 1.82) is 0 Å². The van der Waals surface area contributed by atoms with Crippen LogP contribution >= 0.6 is 23.5 Å². The molecule has 4 saturated heterocycles. The average molecular weight is 792 g/mol. The number of thioether (sulfide) groups is 2. The van der Waals surface area contributed by atoms with Crippen molar-refractivity contribution in [3.63, 3.8) is 0 Å². The van der Waals surface area contributed by atoms with E-state index in [2.05, 4.69) is 108 Å². The highest BCUT2D eigenvalue weighted by molar-refractivity contribution is 7.98. The molecule has 0 spiro atoms. The van der Waals surface area contributed by atoms with Crippen molar-refractivity contribution in [3.05, 3.63) is 59.7 Å². The third kappa shape index (κ3) is 7.04. The molecule has 4 heterocycles. The predicted octanol–water partition coefficient (Wildman–Crippen LogP) is 2.31. The molecule has 2 aliphatic carbocycles. The number of halogens is 1. The minimum Gasteiger partial charge on any atom is -0.379 e. The van der Waals surface area contributed by atoms with Gasteiger partial charge in [0, 0.05) is 97.1 Å². The van der Waals surface area contributed by atoms with Gasteiger partial charge in [0.2, 0.25) is 0 Å². The van der Waals surface area contributed by atoms with Crippen molar-refractivity contribution in [2.45, 2.75) is 87.6 Å². The molecule has 294 valence electrons. The molecule has 2 aromatic rings. The molecule has 13 heteroatoms. The Hall–Kier alpha value is -0.970. The molecule has 6 fully saturated rings. The van der Waals surface area contributed by atoms with E-state index in [0.717, 1.165) is 65.7 Å². The minimum atomic E-state index is -4.69. The third-order valence-corrected chi connectivity index (χ3v) is 16.1. The normalized spacial score (nSPS) is 33.9. The first-order valence-corrected chi connectivity index (χ1v) is 22.9. The number of likely N-dealkylation sites (tertiary alicyclic amines) is 2. The second-order valence-corrected chi connectivity index (χ2v) is 19.7. The minimum absolute atomic E-state index is 0.139. The van der Waals surface area contributed by atoms with Crippen LogP contribution in [0.25, 0.3) is 0 Å². The quantitative estimate of drug-likeness (QED) is 0.356. The summed E-state index contributed by atoms with van der Waals surface area (Å²) in [6.45, 7) is 23.0. The Kier molecular flexibility index (Phi) is 11.7. The van der Waals surface area contributed by atoms with E-state index in [9.17, 15) is 0 Å². The molecule has 2 saturated carbocycles. The molecule has 0 radical (unpaired) electrons. The number of fused-ring (bicyclic) bond motifs is 2. The monoisotopic (exact) mass is 790 g/mol. The van der Waals surface area contributed by atoms with Crippen molar-refractivity contribution >= 4 is 23.5 Å². The molecule has 0 unspecified atom stereocenters. The third-order valence-electron chi connectivity index (χ3n) is 14.6. The van der Waals surface area contributed by atoms with E-state index in [0.29, 0.717) is 24.2 Å². The maximum Gasteiger partial charge on any atom is 0.0777 e. The van der Waals surface area contributed by atoms with Crippen LogP contribution in [0.1, 0.15) is 51.7 Å². The summed E-state index contributed by atoms with van der Waals surface area (Å²) in [5.41, 5.74) is 3.55. The fourth-order valence-electron chi connectivity index (χ4n) is 12.4. The topological polar surface area (TPSA) is 121 Å². The van der Waals surface area contributed by atoms with Crippen LogP contribution in [0.5, 0.6) is 0 Å². The van der Waals surface area contributed by atoms with Crippen LogP contribution in [0.4, 0.5) is 0 Å². The van der Waals surface area contributed by atoms with Gasteiger partial charge < -0.3 is 9.47 Å². The van der Waals surface area contributed by atoms with Crippen LogP contribution in [0.3, 0.4) is 0 Å². The molecular weight excluding hydrogens is 732 g/mol. The van der Waals surface area contributed by atoms with E-state index in [4.69, 9.17) is 28.1 Å². The summed E-state index contributed by atoms with van der Waals surface area (Å²) in [5, 5.41) is 0. The maximum atomic E-state index is 8.60. The molecule has 4 bridgehead atoms. The van der Waals surface area contributed by atoms with Crippen molar-refractivity contribution in [3.8, 4) is 0 Å².